The van der Waals surface area contributed by atoms with E-state index in [4.69, 9.17) is 5.11 Å². The Morgan fingerprint density at radius 1 is 1.47 bits per heavy atom. The minimum atomic E-state index is -3.40. The van der Waals surface area contributed by atoms with E-state index in [0.29, 0.717) is 12.8 Å². The molecule has 0 spiro atoms. The number of rotatable bonds is 3. The van der Waals surface area contributed by atoms with Gasteiger partial charge in [-0.1, -0.05) is 0 Å². The second kappa shape index (κ2) is 3.30. The lowest BCUT2D eigenvalue weighted by atomic mass is 10.3. The van der Waals surface area contributed by atoms with Crippen molar-refractivity contribution in [1.82, 2.24) is 4.98 Å². The SMILES string of the molecule is O=C(O)c1ccnc(S(=O)(=O)C2CC2)c1. The first-order valence-corrected chi connectivity index (χ1v) is 5.99. The summed E-state index contributed by atoms with van der Waals surface area (Å²) >= 11 is 0. The van der Waals surface area contributed by atoms with E-state index in [1.54, 1.807) is 0 Å². The number of carboxylic acid groups (broad SMARTS) is 1. The van der Waals surface area contributed by atoms with Crippen LogP contribution in [0.15, 0.2) is 23.4 Å². The van der Waals surface area contributed by atoms with Crippen molar-refractivity contribution >= 4 is 15.8 Å². The van der Waals surface area contributed by atoms with E-state index in [2.05, 4.69) is 4.98 Å². The summed E-state index contributed by atoms with van der Waals surface area (Å²) in [5.74, 6) is -1.15. The van der Waals surface area contributed by atoms with Gasteiger partial charge in [0.1, 0.15) is 0 Å². The number of hydrogen-bond acceptors (Lipinski definition) is 4. The van der Waals surface area contributed by atoms with E-state index < -0.39 is 15.8 Å². The summed E-state index contributed by atoms with van der Waals surface area (Å²) in [4.78, 5) is 14.3. The Morgan fingerprint density at radius 2 is 2.13 bits per heavy atom. The largest absolute Gasteiger partial charge is 0.478 e. The Morgan fingerprint density at radius 3 is 2.67 bits per heavy atom. The van der Waals surface area contributed by atoms with Crippen molar-refractivity contribution in [2.45, 2.75) is 23.1 Å². The number of aromatic carboxylic acids is 1. The third-order valence-electron chi connectivity index (χ3n) is 2.24. The molecule has 0 aromatic carbocycles. The molecule has 1 saturated carbocycles. The van der Waals surface area contributed by atoms with Gasteiger partial charge in [0.15, 0.2) is 14.9 Å². The van der Waals surface area contributed by atoms with Crippen LogP contribution in [0.25, 0.3) is 0 Å². The molecule has 6 heteroatoms. The Labute approximate surface area is 86.7 Å². The summed E-state index contributed by atoms with van der Waals surface area (Å²) in [6.07, 6.45) is 2.49. The zero-order valence-corrected chi connectivity index (χ0v) is 8.57. The zero-order valence-electron chi connectivity index (χ0n) is 7.75. The molecule has 0 bridgehead atoms. The average Bonchev–Trinajstić information content (AvgIpc) is 3.01. The summed E-state index contributed by atoms with van der Waals surface area (Å²) in [5, 5.41) is 8.21. The summed E-state index contributed by atoms with van der Waals surface area (Å²) in [6, 6.07) is 2.38. The summed E-state index contributed by atoms with van der Waals surface area (Å²) in [6.45, 7) is 0. The highest BCUT2D eigenvalue weighted by Crippen LogP contribution is 2.32. The lowest BCUT2D eigenvalue weighted by Crippen LogP contribution is -2.10. The smallest absolute Gasteiger partial charge is 0.335 e. The molecule has 0 radical (unpaired) electrons. The minimum Gasteiger partial charge on any atom is -0.478 e. The molecular formula is C9H9NO4S. The van der Waals surface area contributed by atoms with Gasteiger partial charge < -0.3 is 5.11 Å². The maximum Gasteiger partial charge on any atom is 0.335 e. The van der Waals surface area contributed by atoms with Crippen LogP contribution in [-0.4, -0.2) is 29.7 Å². The summed E-state index contributed by atoms with van der Waals surface area (Å²) in [7, 11) is -3.40. The summed E-state index contributed by atoms with van der Waals surface area (Å²) in [5.41, 5.74) is -0.0516. The highest BCUT2D eigenvalue weighted by atomic mass is 32.2. The van der Waals surface area contributed by atoms with Crippen molar-refractivity contribution in [3.8, 4) is 0 Å². The molecule has 0 aliphatic heterocycles. The zero-order chi connectivity index (χ0) is 11.1. The molecule has 1 aliphatic carbocycles. The van der Waals surface area contributed by atoms with E-state index in [1.165, 1.54) is 12.3 Å². The number of carboxylic acids is 1. The van der Waals surface area contributed by atoms with Crippen LogP contribution < -0.4 is 0 Å². The van der Waals surface area contributed by atoms with E-state index in [-0.39, 0.29) is 15.8 Å². The molecule has 80 valence electrons. The van der Waals surface area contributed by atoms with Gasteiger partial charge in [-0.2, -0.15) is 0 Å². The number of hydrogen-bond donors (Lipinski definition) is 1. The van der Waals surface area contributed by atoms with Crippen molar-refractivity contribution in [1.29, 1.82) is 0 Å². The molecule has 0 saturated heterocycles. The highest BCUT2D eigenvalue weighted by molar-refractivity contribution is 7.92. The van der Waals surface area contributed by atoms with Crippen LogP contribution in [-0.2, 0) is 9.84 Å². The number of pyridine rings is 1. The quantitative estimate of drug-likeness (QED) is 0.822. The van der Waals surface area contributed by atoms with Crippen molar-refractivity contribution < 1.29 is 18.3 Å². The molecule has 1 aromatic heterocycles. The first kappa shape index (κ1) is 10.1. The van der Waals surface area contributed by atoms with Crippen molar-refractivity contribution in [2.24, 2.45) is 0 Å². The second-order valence-electron chi connectivity index (χ2n) is 3.43. The Balaban J connectivity index is 2.45. The Kier molecular flexibility index (Phi) is 2.22. The number of sulfone groups is 1. The fourth-order valence-electron chi connectivity index (χ4n) is 1.25. The molecule has 1 N–H and O–H groups in total. The molecule has 1 heterocycles. The monoisotopic (exact) mass is 227 g/mol. The Bertz CT molecular complexity index is 505. The fourth-order valence-corrected chi connectivity index (χ4v) is 2.84. The number of nitrogens with zero attached hydrogens (tertiary/aromatic N) is 1. The van der Waals surface area contributed by atoms with Gasteiger partial charge >= 0.3 is 5.97 Å². The van der Waals surface area contributed by atoms with E-state index >= 15 is 0 Å². The van der Waals surface area contributed by atoms with Crippen LogP contribution >= 0.6 is 0 Å². The Hall–Kier alpha value is -1.43. The van der Waals surface area contributed by atoms with Crippen LogP contribution in [0.3, 0.4) is 0 Å². The maximum absolute atomic E-state index is 11.7. The molecule has 5 nitrogen and oxygen atoms in total. The van der Waals surface area contributed by atoms with Gasteiger partial charge in [-0.25, -0.2) is 18.2 Å². The predicted octanol–water partition coefficient (Wildman–Crippen LogP) is 0.716. The standard InChI is InChI=1S/C9H9NO4S/c11-9(12)6-3-4-10-8(5-6)15(13,14)7-1-2-7/h3-5,7H,1-2H2,(H,11,12). The normalized spacial score (nSPS) is 16.3. The van der Waals surface area contributed by atoms with Gasteiger partial charge in [0.25, 0.3) is 0 Å². The molecule has 15 heavy (non-hydrogen) atoms. The highest BCUT2D eigenvalue weighted by Gasteiger charge is 2.38. The number of aromatic nitrogens is 1. The topological polar surface area (TPSA) is 84.3 Å². The van der Waals surface area contributed by atoms with Crippen LogP contribution in [0.5, 0.6) is 0 Å². The first-order valence-electron chi connectivity index (χ1n) is 4.45. The predicted molar refractivity (Wildman–Crippen MR) is 51.4 cm³/mol. The molecule has 1 aliphatic rings. The fraction of sp³-hybridized carbons (Fsp3) is 0.333. The van der Waals surface area contributed by atoms with Crippen molar-refractivity contribution in [3.63, 3.8) is 0 Å². The third-order valence-corrected chi connectivity index (χ3v) is 4.39. The van der Waals surface area contributed by atoms with Crippen molar-refractivity contribution in [2.75, 3.05) is 0 Å². The molecule has 0 amide bonds. The minimum absolute atomic E-state index is 0.0516. The van der Waals surface area contributed by atoms with Crippen LogP contribution in [0.2, 0.25) is 0 Å². The maximum atomic E-state index is 11.7. The van der Waals surface area contributed by atoms with E-state index in [9.17, 15) is 13.2 Å². The van der Waals surface area contributed by atoms with E-state index in [0.717, 1.165) is 6.07 Å². The lowest BCUT2D eigenvalue weighted by molar-refractivity contribution is 0.0696. The third kappa shape index (κ3) is 1.85. The first-order chi connectivity index (χ1) is 7.01. The molecule has 0 atom stereocenters. The van der Waals surface area contributed by atoms with E-state index in [1.807, 2.05) is 0 Å². The van der Waals surface area contributed by atoms with Crippen LogP contribution in [0, 0.1) is 0 Å². The van der Waals surface area contributed by atoms with Gasteiger partial charge in [-0.3, -0.25) is 0 Å². The van der Waals surface area contributed by atoms with Gasteiger partial charge in [0.2, 0.25) is 0 Å². The molecule has 0 unspecified atom stereocenters. The molecule has 2 rings (SSSR count). The van der Waals surface area contributed by atoms with Gasteiger partial charge in [0.05, 0.1) is 10.8 Å². The van der Waals surface area contributed by atoms with Crippen LogP contribution in [0.1, 0.15) is 23.2 Å². The van der Waals surface area contributed by atoms with Gasteiger partial charge in [0, 0.05) is 6.20 Å². The number of carbonyl (C=O) groups is 1. The molecule has 1 fully saturated rings. The average molecular weight is 227 g/mol. The molecule has 1 aromatic rings. The van der Waals surface area contributed by atoms with Gasteiger partial charge in [-0.15, -0.1) is 0 Å². The second-order valence-corrected chi connectivity index (χ2v) is 5.61. The van der Waals surface area contributed by atoms with Crippen molar-refractivity contribution in [3.05, 3.63) is 23.9 Å². The summed E-state index contributed by atoms with van der Waals surface area (Å²) < 4.78 is 23.4. The van der Waals surface area contributed by atoms with Crippen LogP contribution in [0.4, 0.5) is 0 Å². The molecular weight excluding hydrogens is 218 g/mol. The lowest BCUT2D eigenvalue weighted by Gasteiger charge is -2.01. The van der Waals surface area contributed by atoms with Gasteiger partial charge in [-0.05, 0) is 25.0 Å².